The molecule has 0 unspecified atom stereocenters. The second kappa shape index (κ2) is 15.0. The maximum absolute atomic E-state index is 12.5. The lowest BCUT2D eigenvalue weighted by molar-refractivity contribution is 0.478. The second-order valence-electron chi connectivity index (χ2n) is 16.6. The van der Waals surface area contributed by atoms with E-state index in [2.05, 4.69) is 231 Å². The zero-order valence-electron chi connectivity index (χ0n) is 34.3. The molecule has 2 nitrogen and oxygen atoms in total. The minimum atomic E-state index is -0.781. The number of fused-ring (bicyclic) bond motifs is 4. The summed E-state index contributed by atoms with van der Waals surface area (Å²) in [5, 5.41) is 34.0. The Hall–Kier alpha value is -7.94. The number of rotatable bonds is 7. The normalized spacial score (nSPS) is 11.8. The van der Waals surface area contributed by atoms with Crippen LogP contribution in [-0.4, -0.2) is 10.2 Å². The van der Waals surface area contributed by atoms with Crippen LogP contribution < -0.4 is 0 Å². The third-order valence-corrected chi connectivity index (χ3v) is 13.0. The van der Waals surface area contributed by atoms with Gasteiger partial charge in [-0.25, -0.2) is 0 Å². The van der Waals surface area contributed by atoms with Crippen molar-refractivity contribution in [2.24, 2.45) is 0 Å². The fourth-order valence-electron chi connectivity index (χ4n) is 9.43. The van der Waals surface area contributed by atoms with Gasteiger partial charge in [-0.05, 0) is 137 Å². The molecule has 11 aromatic rings. The molecule has 0 saturated heterocycles. The Morgan fingerprint density at radius 1 is 0.258 bits per heavy atom. The van der Waals surface area contributed by atoms with Crippen molar-refractivity contribution in [1.29, 1.82) is 0 Å². The molecule has 11 aromatic carbocycles. The van der Waals surface area contributed by atoms with Gasteiger partial charge in [0.25, 0.3) is 0 Å². The molecule has 2 N–H and O–H groups in total. The summed E-state index contributed by atoms with van der Waals surface area (Å²) in [6.45, 7) is 2.28. The highest BCUT2D eigenvalue weighted by Crippen LogP contribution is 2.50. The third-order valence-electron chi connectivity index (χ3n) is 13.0. The minimum absolute atomic E-state index is 0.231. The highest BCUT2D eigenvalue weighted by molar-refractivity contribution is 5.96. The van der Waals surface area contributed by atoms with Crippen molar-refractivity contribution >= 4 is 43.1 Å². The summed E-state index contributed by atoms with van der Waals surface area (Å²) in [6, 6.07) is 78.4. The SMILES string of the molecule is CC(c1ccccc1)(c1cc(-c2ccc3ccccc3c2)c(O)c(-c2ccc3ccccc3c2)c1)c1cc(-c2ccc3ccccc3c2)c(O)c(-c2ccc3ccccc3c2)c1. The lowest BCUT2D eigenvalue weighted by atomic mass is 9.69. The first-order valence-electron chi connectivity index (χ1n) is 21.2. The minimum Gasteiger partial charge on any atom is -0.507 e. The van der Waals surface area contributed by atoms with E-state index in [4.69, 9.17) is 0 Å². The van der Waals surface area contributed by atoms with Crippen LogP contribution in [0.4, 0.5) is 0 Å². The number of hydrogen-bond acceptors (Lipinski definition) is 2. The lowest BCUT2D eigenvalue weighted by Gasteiger charge is -2.34. The summed E-state index contributed by atoms with van der Waals surface area (Å²) in [7, 11) is 0. The Balaban J connectivity index is 1.22. The first-order valence-corrected chi connectivity index (χ1v) is 21.2. The van der Waals surface area contributed by atoms with Gasteiger partial charge in [0.1, 0.15) is 11.5 Å². The molecule has 0 aliphatic rings. The van der Waals surface area contributed by atoms with Gasteiger partial charge in [-0.15, -0.1) is 0 Å². The summed E-state index contributed by atoms with van der Waals surface area (Å²) in [5.41, 5.74) is 9.04. The van der Waals surface area contributed by atoms with E-state index in [1.54, 1.807) is 0 Å². The van der Waals surface area contributed by atoms with Gasteiger partial charge in [0.2, 0.25) is 0 Å². The highest BCUT2D eigenvalue weighted by Gasteiger charge is 2.35. The van der Waals surface area contributed by atoms with E-state index in [9.17, 15) is 10.2 Å². The van der Waals surface area contributed by atoms with E-state index in [0.717, 1.165) is 104 Å². The van der Waals surface area contributed by atoms with Gasteiger partial charge in [-0.2, -0.15) is 0 Å². The predicted octanol–water partition coefficient (Wildman–Crippen LogP) is 15.7. The molecule has 0 aliphatic carbocycles. The van der Waals surface area contributed by atoms with E-state index < -0.39 is 5.41 Å². The smallest absolute Gasteiger partial charge is 0.131 e. The van der Waals surface area contributed by atoms with Gasteiger partial charge in [0.05, 0.1) is 0 Å². The second-order valence-corrected chi connectivity index (χ2v) is 16.6. The number of benzene rings is 11. The predicted molar refractivity (Wildman–Crippen MR) is 260 cm³/mol. The van der Waals surface area contributed by atoms with Crippen LogP contribution in [0.5, 0.6) is 11.5 Å². The Morgan fingerprint density at radius 2 is 0.516 bits per heavy atom. The van der Waals surface area contributed by atoms with E-state index in [0.29, 0.717) is 0 Å². The average Bonchev–Trinajstić information content (AvgIpc) is 3.33. The van der Waals surface area contributed by atoms with Crippen molar-refractivity contribution in [3.8, 4) is 56.0 Å². The molecule has 11 rings (SSSR count). The molecule has 62 heavy (non-hydrogen) atoms. The third kappa shape index (κ3) is 6.36. The van der Waals surface area contributed by atoms with Crippen LogP contribution in [0.25, 0.3) is 87.6 Å². The number of phenols is 2. The van der Waals surface area contributed by atoms with E-state index in [1.165, 1.54) is 0 Å². The molecule has 0 heterocycles. The molecule has 0 fully saturated rings. The van der Waals surface area contributed by atoms with Gasteiger partial charge in [0, 0.05) is 27.7 Å². The molecular formula is C60H42O2. The molecule has 0 radical (unpaired) electrons. The van der Waals surface area contributed by atoms with Crippen LogP contribution in [0.15, 0.2) is 224 Å². The van der Waals surface area contributed by atoms with E-state index >= 15 is 0 Å². The van der Waals surface area contributed by atoms with Crippen LogP contribution in [-0.2, 0) is 5.41 Å². The lowest BCUT2D eigenvalue weighted by Crippen LogP contribution is -2.26. The summed E-state index contributed by atoms with van der Waals surface area (Å²) in [5.74, 6) is 0.461. The Labute approximate surface area is 361 Å². The Morgan fingerprint density at radius 3 is 0.806 bits per heavy atom. The molecule has 0 aromatic heterocycles. The van der Waals surface area contributed by atoms with Crippen molar-refractivity contribution in [3.63, 3.8) is 0 Å². The first kappa shape index (κ1) is 37.1. The van der Waals surface area contributed by atoms with Crippen molar-refractivity contribution in [2.75, 3.05) is 0 Å². The fourth-order valence-corrected chi connectivity index (χ4v) is 9.43. The monoisotopic (exact) mass is 794 g/mol. The number of aromatic hydroxyl groups is 2. The summed E-state index contributed by atoms with van der Waals surface area (Å²) in [6.07, 6.45) is 0. The van der Waals surface area contributed by atoms with Gasteiger partial charge in [0.15, 0.2) is 0 Å². The van der Waals surface area contributed by atoms with Crippen molar-refractivity contribution in [1.82, 2.24) is 0 Å². The van der Waals surface area contributed by atoms with Gasteiger partial charge in [-0.1, -0.05) is 176 Å². The van der Waals surface area contributed by atoms with Crippen LogP contribution in [0, 0.1) is 0 Å². The fraction of sp³-hybridized carbons (Fsp3) is 0.0333. The zero-order chi connectivity index (χ0) is 41.8. The van der Waals surface area contributed by atoms with Gasteiger partial charge >= 0.3 is 0 Å². The van der Waals surface area contributed by atoms with Crippen LogP contribution in [0.3, 0.4) is 0 Å². The molecule has 0 amide bonds. The van der Waals surface area contributed by atoms with Crippen LogP contribution >= 0.6 is 0 Å². The maximum atomic E-state index is 12.5. The molecule has 0 aliphatic heterocycles. The summed E-state index contributed by atoms with van der Waals surface area (Å²) >= 11 is 0. The van der Waals surface area contributed by atoms with Crippen molar-refractivity contribution in [3.05, 3.63) is 241 Å². The summed E-state index contributed by atoms with van der Waals surface area (Å²) in [4.78, 5) is 0. The van der Waals surface area contributed by atoms with E-state index in [1.807, 2.05) is 0 Å². The molecule has 294 valence electrons. The molecular weight excluding hydrogens is 753 g/mol. The van der Waals surface area contributed by atoms with Gasteiger partial charge < -0.3 is 10.2 Å². The average molecular weight is 795 g/mol. The molecule has 2 heteroatoms. The first-order chi connectivity index (χ1) is 30.4. The number of hydrogen-bond donors (Lipinski definition) is 2. The standard InChI is InChI=1S/C60H42O2/c1-60(51-21-3-2-4-22-51,52-35-54(47-27-23-39-13-5-9-17-43(39)31-47)58(61)55(36-52)48-28-24-40-14-6-10-18-44(40)32-48)53-37-56(49-29-25-41-15-7-11-19-45(41)33-49)59(62)57(38-53)50-30-26-42-16-8-12-20-46(42)34-50/h2-38,61-62H,1H3. The van der Waals surface area contributed by atoms with Crippen LogP contribution in [0.1, 0.15) is 23.6 Å². The molecule has 0 bridgehead atoms. The molecule has 0 atom stereocenters. The molecule has 0 spiro atoms. The zero-order valence-corrected chi connectivity index (χ0v) is 34.3. The van der Waals surface area contributed by atoms with Crippen molar-refractivity contribution < 1.29 is 10.2 Å². The van der Waals surface area contributed by atoms with Crippen LogP contribution in [0.2, 0.25) is 0 Å². The highest BCUT2D eigenvalue weighted by atomic mass is 16.3. The summed E-state index contributed by atoms with van der Waals surface area (Å²) < 4.78 is 0. The maximum Gasteiger partial charge on any atom is 0.131 e. The van der Waals surface area contributed by atoms with E-state index in [-0.39, 0.29) is 11.5 Å². The molecule has 0 saturated carbocycles. The van der Waals surface area contributed by atoms with Gasteiger partial charge in [-0.3, -0.25) is 0 Å². The Bertz CT molecular complexity index is 3100. The largest absolute Gasteiger partial charge is 0.507 e. The Kier molecular flexibility index (Phi) is 8.95. The van der Waals surface area contributed by atoms with Crippen molar-refractivity contribution in [2.45, 2.75) is 12.3 Å². The quantitative estimate of drug-likeness (QED) is 0.158. The topological polar surface area (TPSA) is 40.5 Å². The number of phenolic OH excluding ortho intramolecular Hbond substituents is 2.